The largest absolute Gasteiger partial charge is 0.270 e. The van der Waals surface area contributed by atoms with Crippen molar-refractivity contribution in [2.24, 2.45) is 10.3 Å². The third kappa shape index (κ3) is 1.08. The first-order chi connectivity index (χ1) is 5.36. The molecule has 0 amide bonds. The van der Waals surface area contributed by atoms with Crippen LogP contribution in [0.2, 0.25) is 0 Å². The van der Waals surface area contributed by atoms with Crippen molar-refractivity contribution in [3.05, 3.63) is 29.8 Å². The molecule has 1 aromatic carbocycles. The highest BCUT2D eigenvalue weighted by Gasteiger charge is 2.08. The van der Waals surface area contributed by atoms with E-state index in [2.05, 4.69) is 10.3 Å². The maximum Gasteiger partial charge on any atom is 0.0935 e. The lowest BCUT2D eigenvalue weighted by atomic mass is 10.2. The fourth-order valence-corrected chi connectivity index (χ4v) is 1.03. The molecule has 0 fully saturated rings. The molecule has 0 aliphatic carbocycles. The van der Waals surface area contributed by atoms with Gasteiger partial charge in [-0.3, -0.25) is 5.21 Å². The molecule has 0 atom stereocenters. The monoisotopic (exact) mass is 149 g/mol. The maximum atomic E-state index is 8.93. The Kier molecular flexibility index (Phi) is 1.33. The molecular weight excluding hydrogens is 142 g/mol. The van der Waals surface area contributed by atoms with Crippen LogP contribution in [0.15, 0.2) is 34.6 Å². The van der Waals surface area contributed by atoms with Gasteiger partial charge in [-0.05, 0) is 11.3 Å². The van der Waals surface area contributed by atoms with Crippen LogP contribution in [0.1, 0.15) is 5.56 Å². The fourth-order valence-electron chi connectivity index (χ4n) is 1.03. The van der Waals surface area contributed by atoms with Crippen LogP contribution in [0.3, 0.4) is 0 Å². The highest BCUT2D eigenvalue weighted by molar-refractivity contribution is 5.45. The lowest BCUT2D eigenvalue weighted by molar-refractivity contribution is -0.108. The second-order valence-corrected chi connectivity index (χ2v) is 2.35. The van der Waals surface area contributed by atoms with E-state index < -0.39 is 0 Å². The minimum atomic E-state index is 0.416. The van der Waals surface area contributed by atoms with E-state index in [0.29, 0.717) is 6.54 Å². The fraction of sp³-hybridized carbons (Fsp3) is 0.143. The minimum Gasteiger partial charge on any atom is -0.270 e. The molecule has 56 valence electrons. The molecule has 1 heterocycles. The Hall–Kier alpha value is -1.42. The Morgan fingerprint density at radius 2 is 2.18 bits per heavy atom. The number of hydrogen-bond donors (Lipinski definition) is 1. The van der Waals surface area contributed by atoms with Crippen LogP contribution in [-0.4, -0.2) is 10.4 Å². The van der Waals surface area contributed by atoms with Gasteiger partial charge in [-0.15, -0.1) is 5.11 Å². The normalized spacial score (nSPS) is 14.8. The Morgan fingerprint density at radius 3 is 3.09 bits per heavy atom. The van der Waals surface area contributed by atoms with Crippen molar-refractivity contribution in [2.75, 3.05) is 0 Å². The summed E-state index contributed by atoms with van der Waals surface area (Å²) in [7, 11) is 0. The zero-order chi connectivity index (χ0) is 7.68. The van der Waals surface area contributed by atoms with Crippen LogP contribution in [0.4, 0.5) is 5.69 Å². The summed E-state index contributed by atoms with van der Waals surface area (Å²) in [6.07, 6.45) is 0. The van der Waals surface area contributed by atoms with Crippen LogP contribution in [0.5, 0.6) is 0 Å². The molecule has 0 unspecified atom stereocenters. The summed E-state index contributed by atoms with van der Waals surface area (Å²) < 4.78 is 0. The molecule has 1 aliphatic rings. The second-order valence-electron chi connectivity index (χ2n) is 2.35. The molecule has 0 saturated heterocycles. The minimum absolute atomic E-state index is 0.416. The van der Waals surface area contributed by atoms with Crippen molar-refractivity contribution in [1.82, 2.24) is 5.17 Å². The Bertz CT molecular complexity index is 297. The maximum absolute atomic E-state index is 8.93. The van der Waals surface area contributed by atoms with Crippen molar-refractivity contribution in [3.63, 3.8) is 0 Å². The number of benzene rings is 1. The van der Waals surface area contributed by atoms with E-state index >= 15 is 0 Å². The van der Waals surface area contributed by atoms with E-state index in [1.54, 1.807) is 0 Å². The lowest BCUT2D eigenvalue weighted by Gasteiger charge is -2.14. The summed E-state index contributed by atoms with van der Waals surface area (Å²) in [5.41, 5.74) is 1.82. The number of rotatable bonds is 0. The highest BCUT2D eigenvalue weighted by atomic mass is 16.5. The molecule has 1 aromatic rings. The first-order valence-corrected chi connectivity index (χ1v) is 3.32. The molecular formula is C7H7N3O. The molecule has 0 saturated carbocycles. The van der Waals surface area contributed by atoms with Crippen molar-refractivity contribution >= 4 is 5.69 Å². The Morgan fingerprint density at radius 1 is 1.36 bits per heavy atom. The molecule has 0 aromatic heterocycles. The summed E-state index contributed by atoms with van der Waals surface area (Å²) in [4.78, 5) is 0. The van der Waals surface area contributed by atoms with Crippen LogP contribution in [-0.2, 0) is 6.54 Å². The molecule has 4 nitrogen and oxygen atoms in total. The standard InChI is InChI=1S/C7H7N3O/c11-10-5-6-3-1-2-4-7(6)8-9-10/h1-4,11H,5H2. The van der Waals surface area contributed by atoms with Gasteiger partial charge >= 0.3 is 0 Å². The van der Waals surface area contributed by atoms with Gasteiger partial charge in [0.25, 0.3) is 0 Å². The molecule has 1 aliphatic heterocycles. The number of fused-ring (bicyclic) bond motifs is 1. The number of nitrogens with zero attached hydrogens (tertiary/aromatic N) is 3. The average molecular weight is 149 g/mol. The molecule has 0 spiro atoms. The van der Waals surface area contributed by atoms with E-state index in [1.165, 1.54) is 0 Å². The highest BCUT2D eigenvalue weighted by Crippen LogP contribution is 2.24. The quantitative estimate of drug-likeness (QED) is 0.612. The Balaban J connectivity index is 2.46. The predicted molar refractivity (Wildman–Crippen MR) is 38.3 cm³/mol. The van der Waals surface area contributed by atoms with Gasteiger partial charge in [0.15, 0.2) is 0 Å². The summed E-state index contributed by atoms with van der Waals surface area (Å²) >= 11 is 0. The first-order valence-electron chi connectivity index (χ1n) is 3.32. The SMILES string of the molecule is ON1Cc2ccccc2N=N1. The molecule has 2 rings (SSSR count). The molecule has 1 N–H and O–H groups in total. The van der Waals surface area contributed by atoms with Gasteiger partial charge in [0.2, 0.25) is 0 Å². The smallest absolute Gasteiger partial charge is 0.0935 e. The second kappa shape index (κ2) is 2.32. The lowest BCUT2D eigenvalue weighted by Crippen LogP contribution is -2.13. The van der Waals surface area contributed by atoms with E-state index in [1.807, 2.05) is 24.3 Å². The van der Waals surface area contributed by atoms with Crippen LogP contribution < -0.4 is 0 Å². The van der Waals surface area contributed by atoms with Gasteiger partial charge in [0.1, 0.15) is 0 Å². The van der Waals surface area contributed by atoms with Gasteiger partial charge in [-0.1, -0.05) is 18.2 Å². The van der Waals surface area contributed by atoms with Gasteiger partial charge in [0.05, 0.1) is 12.2 Å². The van der Waals surface area contributed by atoms with Gasteiger partial charge in [-0.2, -0.15) is 5.17 Å². The van der Waals surface area contributed by atoms with E-state index in [9.17, 15) is 0 Å². The van der Waals surface area contributed by atoms with Crippen LogP contribution >= 0.6 is 0 Å². The first kappa shape index (κ1) is 6.30. The van der Waals surface area contributed by atoms with E-state index in [-0.39, 0.29) is 0 Å². The van der Waals surface area contributed by atoms with Gasteiger partial charge in [-0.25, -0.2) is 0 Å². The summed E-state index contributed by atoms with van der Waals surface area (Å²) in [6.45, 7) is 0.416. The summed E-state index contributed by atoms with van der Waals surface area (Å²) in [5.74, 6) is 0. The van der Waals surface area contributed by atoms with Crippen LogP contribution in [0.25, 0.3) is 0 Å². The molecule has 0 bridgehead atoms. The van der Waals surface area contributed by atoms with E-state index in [0.717, 1.165) is 16.4 Å². The zero-order valence-corrected chi connectivity index (χ0v) is 5.81. The molecule has 11 heavy (non-hydrogen) atoms. The third-order valence-corrected chi connectivity index (χ3v) is 1.56. The van der Waals surface area contributed by atoms with Gasteiger partial charge in [0, 0.05) is 5.56 Å². The van der Waals surface area contributed by atoms with Crippen LogP contribution in [0, 0.1) is 0 Å². The topological polar surface area (TPSA) is 48.2 Å². The van der Waals surface area contributed by atoms with E-state index in [4.69, 9.17) is 5.21 Å². The zero-order valence-electron chi connectivity index (χ0n) is 5.81. The third-order valence-electron chi connectivity index (χ3n) is 1.56. The Labute approximate surface area is 63.7 Å². The molecule has 0 radical (unpaired) electrons. The van der Waals surface area contributed by atoms with Crippen molar-refractivity contribution < 1.29 is 5.21 Å². The summed E-state index contributed by atoms with van der Waals surface area (Å²) in [5, 5.41) is 17.0. The van der Waals surface area contributed by atoms with Crippen molar-refractivity contribution in [1.29, 1.82) is 0 Å². The van der Waals surface area contributed by atoms with Gasteiger partial charge < -0.3 is 0 Å². The number of hydrogen-bond acceptors (Lipinski definition) is 4. The predicted octanol–water partition coefficient (Wildman–Crippen LogP) is 1.89. The summed E-state index contributed by atoms with van der Waals surface area (Å²) in [6, 6.07) is 7.58. The average Bonchev–Trinajstić information content (AvgIpc) is 2.04. The number of hydroxylamine groups is 1. The van der Waals surface area contributed by atoms with Crippen molar-refractivity contribution in [2.45, 2.75) is 6.54 Å². The molecule has 4 heteroatoms. The van der Waals surface area contributed by atoms with Crippen molar-refractivity contribution in [3.8, 4) is 0 Å².